The minimum atomic E-state index is -0.351. The summed E-state index contributed by atoms with van der Waals surface area (Å²) in [6.45, 7) is 1.83. The predicted molar refractivity (Wildman–Crippen MR) is 110 cm³/mol. The van der Waals surface area contributed by atoms with Gasteiger partial charge >= 0.3 is 0 Å². The minimum absolute atomic E-state index is 0.0174. The lowest BCUT2D eigenvalue weighted by Crippen LogP contribution is -2.40. The van der Waals surface area contributed by atoms with Gasteiger partial charge < -0.3 is 10.3 Å². The molecule has 0 radical (unpaired) electrons. The van der Waals surface area contributed by atoms with Crippen molar-refractivity contribution in [3.63, 3.8) is 0 Å². The summed E-state index contributed by atoms with van der Waals surface area (Å²) >= 11 is 1.26. The number of fused-ring (bicyclic) bond motifs is 1. The Morgan fingerprint density at radius 3 is 2.75 bits per heavy atom. The van der Waals surface area contributed by atoms with Crippen LogP contribution in [-0.2, 0) is 4.79 Å². The Hall–Kier alpha value is -2.61. The maximum atomic E-state index is 12.5. The Labute approximate surface area is 166 Å². The molecule has 0 aliphatic heterocycles. The lowest BCUT2D eigenvalue weighted by molar-refractivity contribution is -0.121. The number of carbonyl (C=O) groups is 1. The first-order chi connectivity index (χ1) is 13.6. The van der Waals surface area contributed by atoms with Crippen LogP contribution in [0.2, 0.25) is 0 Å². The van der Waals surface area contributed by atoms with E-state index in [0.29, 0.717) is 16.2 Å². The van der Waals surface area contributed by atoms with Crippen LogP contribution in [0.1, 0.15) is 39.0 Å². The highest BCUT2D eigenvalue weighted by Crippen LogP contribution is 2.23. The molecule has 1 atom stereocenters. The van der Waals surface area contributed by atoms with E-state index in [2.05, 4.69) is 20.4 Å². The third kappa shape index (κ3) is 3.96. The molecule has 2 N–H and O–H groups in total. The number of thioether (sulfide) groups is 1. The number of aromatic amines is 1. The normalized spacial score (nSPS) is 16.2. The molecule has 2 heterocycles. The number of carbonyl (C=O) groups excluding carboxylic acids is 1. The van der Waals surface area contributed by atoms with Gasteiger partial charge in [0.05, 0.1) is 17.1 Å². The van der Waals surface area contributed by atoms with Crippen LogP contribution in [0.25, 0.3) is 16.7 Å². The zero-order valence-electron chi connectivity index (χ0n) is 15.7. The molecule has 1 fully saturated rings. The Kier molecular flexibility index (Phi) is 5.47. The van der Waals surface area contributed by atoms with E-state index in [0.717, 1.165) is 18.5 Å². The summed E-state index contributed by atoms with van der Waals surface area (Å²) < 4.78 is 1.64. The molecular formula is C20H23N5O2S. The summed E-state index contributed by atoms with van der Waals surface area (Å²) in [7, 11) is 0. The van der Waals surface area contributed by atoms with Gasteiger partial charge in [-0.2, -0.15) is 5.10 Å². The molecule has 146 valence electrons. The second-order valence-electron chi connectivity index (χ2n) is 7.10. The van der Waals surface area contributed by atoms with Gasteiger partial charge in [-0.05, 0) is 31.9 Å². The van der Waals surface area contributed by atoms with Crippen LogP contribution in [0.4, 0.5) is 0 Å². The van der Waals surface area contributed by atoms with Crippen LogP contribution >= 0.6 is 11.8 Å². The molecule has 3 aromatic rings. The highest BCUT2D eigenvalue weighted by molar-refractivity contribution is 8.00. The molecular weight excluding hydrogens is 374 g/mol. The van der Waals surface area contributed by atoms with Gasteiger partial charge in [0.2, 0.25) is 5.91 Å². The topological polar surface area (TPSA) is 92.7 Å². The summed E-state index contributed by atoms with van der Waals surface area (Å²) in [5.74, 6) is -0.0174. The minimum Gasteiger partial charge on any atom is -0.352 e. The fraction of sp³-hybridized carbons (Fsp3) is 0.400. The number of rotatable bonds is 5. The number of hydrogen-bond acceptors (Lipinski definition) is 5. The molecule has 1 amide bonds. The Morgan fingerprint density at radius 1 is 1.25 bits per heavy atom. The van der Waals surface area contributed by atoms with Gasteiger partial charge in [-0.25, -0.2) is 9.67 Å². The summed E-state index contributed by atoms with van der Waals surface area (Å²) in [6.07, 6.45) is 7.18. The molecule has 1 aliphatic carbocycles. The molecule has 0 saturated heterocycles. The molecule has 7 nitrogen and oxygen atoms in total. The van der Waals surface area contributed by atoms with Gasteiger partial charge in [0, 0.05) is 6.04 Å². The predicted octanol–water partition coefficient (Wildman–Crippen LogP) is 3.04. The van der Waals surface area contributed by atoms with E-state index in [9.17, 15) is 9.59 Å². The molecule has 8 heteroatoms. The van der Waals surface area contributed by atoms with Crippen molar-refractivity contribution in [1.82, 2.24) is 25.1 Å². The van der Waals surface area contributed by atoms with Crippen LogP contribution in [0, 0.1) is 0 Å². The second-order valence-corrected chi connectivity index (χ2v) is 8.43. The number of nitrogens with one attached hydrogen (secondary N) is 2. The third-order valence-corrected chi connectivity index (χ3v) is 6.01. The van der Waals surface area contributed by atoms with Crippen LogP contribution in [-0.4, -0.2) is 36.9 Å². The molecule has 1 aromatic carbocycles. The highest BCUT2D eigenvalue weighted by atomic mass is 32.2. The summed E-state index contributed by atoms with van der Waals surface area (Å²) in [6, 6.07) is 9.80. The van der Waals surface area contributed by atoms with Gasteiger partial charge in [-0.3, -0.25) is 9.59 Å². The van der Waals surface area contributed by atoms with Crippen molar-refractivity contribution in [2.45, 2.75) is 55.5 Å². The van der Waals surface area contributed by atoms with Crippen LogP contribution < -0.4 is 10.9 Å². The smallest absolute Gasteiger partial charge is 0.262 e. The van der Waals surface area contributed by atoms with E-state index in [4.69, 9.17) is 0 Å². The average Bonchev–Trinajstić information content (AvgIpc) is 3.14. The zero-order chi connectivity index (χ0) is 19.5. The third-order valence-electron chi connectivity index (χ3n) is 5.03. The van der Waals surface area contributed by atoms with Crippen molar-refractivity contribution in [2.24, 2.45) is 0 Å². The number of benzene rings is 1. The Balaban J connectivity index is 1.55. The molecule has 28 heavy (non-hydrogen) atoms. The van der Waals surface area contributed by atoms with Crippen molar-refractivity contribution in [1.29, 1.82) is 0 Å². The van der Waals surface area contributed by atoms with Crippen molar-refractivity contribution >= 4 is 28.7 Å². The molecule has 1 saturated carbocycles. The molecule has 2 aromatic heterocycles. The molecule has 0 spiro atoms. The SMILES string of the molecule is C[C@@H](Sc1nc2c(cnn2-c2ccccc2)c(=O)[nH]1)C(=O)NC1CCCCC1. The molecule has 0 unspecified atom stereocenters. The number of nitrogens with zero attached hydrogens (tertiary/aromatic N) is 3. The maximum absolute atomic E-state index is 12.5. The monoisotopic (exact) mass is 397 g/mol. The van der Waals surface area contributed by atoms with Gasteiger partial charge in [-0.15, -0.1) is 0 Å². The van der Waals surface area contributed by atoms with Crippen LogP contribution in [0.5, 0.6) is 0 Å². The van der Waals surface area contributed by atoms with Crippen molar-refractivity contribution in [2.75, 3.05) is 0 Å². The molecule has 1 aliphatic rings. The number of H-pyrrole nitrogens is 1. The van der Waals surface area contributed by atoms with Crippen LogP contribution in [0.15, 0.2) is 46.5 Å². The van der Waals surface area contributed by atoms with E-state index in [-0.39, 0.29) is 22.8 Å². The van der Waals surface area contributed by atoms with Crippen molar-refractivity contribution in [3.05, 3.63) is 46.9 Å². The van der Waals surface area contributed by atoms with Crippen molar-refractivity contribution < 1.29 is 4.79 Å². The summed E-state index contributed by atoms with van der Waals surface area (Å²) in [5.41, 5.74) is 1.06. The van der Waals surface area contributed by atoms with E-state index in [1.165, 1.54) is 37.2 Å². The van der Waals surface area contributed by atoms with Crippen LogP contribution in [0.3, 0.4) is 0 Å². The lowest BCUT2D eigenvalue weighted by atomic mass is 9.95. The maximum Gasteiger partial charge on any atom is 0.262 e. The second kappa shape index (κ2) is 8.18. The zero-order valence-corrected chi connectivity index (χ0v) is 16.5. The van der Waals surface area contributed by atoms with Gasteiger partial charge in [0.1, 0.15) is 5.39 Å². The average molecular weight is 398 g/mol. The largest absolute Gasteiger partial charge is 0.352 e. The first-order valence-corrected chi connectivity index (χ1v) is 10.5. The standard InChI is InChI=1S/C20H23N5O2S/c1-13(18(26)22-14-8-4-2-5-9-14)28-20-23-17-16(19(27)24-20)12-21-25(17)15-10-6-3-7-11-15/h3,6-7,10-14H,2,4-5,8-9H2,1H3,(H,22,26)(H,23,24,27)/t13-/m1/s1. The fourth-order valence-corrected chi connectivity index (χ4v) is 4.30. The molecule has 4 rings (SSSR count). The van der Waals surface area contributed by atoms with Gasteiger partial charge in [0.25, 0.3) is 5.56 Å². The summed E-state index contributed by atoms with van der Waals surface area (Å²) in [4.78, 5) is 32.3. The number of amides is 1. The quantitative estimate of drug-likeness (QED) is 0.510. The Morgan fingerprint density at radius 2 is 2.00 bits per heavy atom. The van der Waals surface area contributed by atoms with E-state index in [1.807, 2.05) is 37.3 Å². The van der Waals surface area contributed by atoms with E-state index < -0.39 is 0 Å². The first kappa shape index (κ1) is 18.7. The first-order valence-electron chi connectivity index (χ1n) is 9.62. The summed E-state index contributed by atoms with van der Waals surface area (Å²) in [5, 5.41) is 7.92. The fourth-order valence-electron chi connectivity index (χ4n) is 3.50. The van der Waals surface area contributed by atoms with E-state index in [1.54, 1.807) is 4.68 Å². The number of hydrogen-bond donors (Lipinski definition) is 2. The highest BCUT2D eigenvalue weighted by Gasteiger charge is 2.22. The number of aromatic nitrogens is 4. The van der Waals surface area contributed by atoms with Gasteiger partial charge in [-0.1, -0.05) is 49.2 Å². The van der Waals surface area contributed by atoms with E-state index >= 15 is 0 Å². The lowest BCUT2D eigenvalue weighted by Gasteiger charge is -2.24. The van der Waals surface area contributed by atoms with Gasteiger partial charge in [0.15, 0.2) is 10.8 Å². The van der Waals surface area contributed by atoms with Crippen molar-refractivity contribution in [3.8, 4) is 5.69 Å². The molecule has 0 bridgehead atoms. The number of para-hydroxylation sites is 1. The Bertz CT molecular complexity index is 1020.